The Kier molecular flexibility index (Phi) is 35.5. The van der Waals surface area contributed by atoms with Gasteiger partial charge in [0.25, 0.3) is 0 Å². The third-order valence-corrected chi connectivity index (χ3v) is 2.16. The van der Waals surface area contributed by atoms with Crippen molar-refractivity contribution in [2.24, 2.45) is 0 Å². The highest BCUT2D eigenvalue weighted by atomic mass is 13.8. The van der Waals surface area contributed by atoms with Crippen LogP contribution in [0.1, 0.15) is 76.2 Å². The zero-order valence-corrected chi connectivity index (χ0v) is 15.2. The molecule has 0 N–H and O–H groups in total. The second-order valence-electron chi connectivity index (χ2n) is 4.53. The topological polar surface area (TPSA) is 0 Å². The van der Waals surface area contributed by atoms with Crippen molar-refractivity contribution in [3.05, 3.63) is 34.9 Å². The highest BCUT2D eigenvalue weighted by Crippen LogP contribution is 1.97. The molecule has 0 aromatic heterocycles. The van der Waals surface area contributed by atoms with Crippen LogP contribution in [0.4, 0.5) is 0 Å². The molecule has 0 aromatic carbocycles. The summed E-state index contributed by atoms with van der Waals surface area (Å²) >= 11 is 0. The molecule has 0 rings (SSSR count). The zero-order chi connectivity index (χ0) is 16.3. The summed E-state index contributed by atoms with van der Waals surface area (Å²) in [6.07, 6.45) is 6.08. The van der Waals surface area contributed by atoms with Gasteiger partial charge in [-0.3, -0.25) is 0 Å². The van der Waals surface area contributed by atoms with Crippen molar-refractivity contribution in [3.63, 3.8) is 0 Å². The van der Waals surface area contributed by atoms with Crippen molar-refractivity contribution in [2.45, 2.75) is 76.2 Å². The van der Waals surface area contributed by atoms with E-state index in [0.29, 0.717) is 0 Å². The molecule has 0 radical (unpaired) electrons. The van der Waals surface area contributed by atoms with Crippen LogP contribution < -0.4 is 0 Å². The van der Waals surface area contributed by atoms with Gasteiger partial charge >= 0.3 is 0 Å². The summed E-state index contributed by atoms with van der Waals surface area (Å²) in [5.74, 6) is 5.36. The van der Waals surface area contributed by atoms with Gasteiger partial charge < -0.3 is 0 Å². The molecule has 0 aliphatic heterocycles. The second kappa shape index (κ2) is 25.6. The summed E-state index contributed by atoms with van der Waals surface area (Å²) in [5.41, 5.74) is 4.23. The van der Waals surface area contributed by atoms with Gasteiger partial charge in [0.15, 0.2) is 0 Å². The van der Waals surface area contributed by atoms with Crippen LogP contribution in [0.5, 0.6) is 0 Å². The van der Waals surface area contributed by atoms with Gasteiger partial charge in [-0.25, -0.2) is 0 Å². The fourth-order valence-electron chi connectivity index (χ4n) is 0. The average molecular weight is 264 g/mol. The Morgan fingerprint density at radius 2 is 0.842 bits per heavy atom. The molecule has 0 aliphatic carbocycles. The summed E-state index contributed by atoms with van der Waals surface area (Å²) in [4.78, 5) is 0. The molecule has 0 saturated carbocycles. The maximum atomic E-state index is 2.68. The molecular weight excluding hydrogens is 228 g/mol. The van der Waals surface area contributed by atoms with Crippen LogP contribution in [0.15, 0.2) is 34.9 Å². The SMILES string of the molecule is C/C=C\C.CC#CC.CC(C)=C(C)C.CC=C(C)C. The van der Waals surface area contributed by atoms with Gasteiger partial charge in [-0.2, -0.15) is 0 Å². The fraction of sp³-hybridized carbons (Fsp3) is 0.579. The Hall–Kier alpha value is -1.22. The summed E-state index contributed by atoms with van der Waals surface area (Å²) in [6, 6.07) is 0. The quantitative estimate of drug-likeness (QED) is 0.328. The van der Waals surface area contributed by atoms with Crippen LogP contribution in [0, 0.1) is 11.8 Å². The van der Waals surface area contributed by atoms with Crippen molar-refractivity contribution >= 4 is 0 Å². The summed E-state index contributed by atoms with van der Waals surface area (Å²) in [6.45, 7) is 22.3. The number of hydrogen-bond donors (Lipinski definition) is 0. The lowest BCUT2D eigenvalue weighted by Crippen LogP contribution is -1.66. The van der Waals surface area contributed by atoms with E-state index >= 15 is 0 Å². The summed E-state index contributed by atoms with van der Waals surface area (Å²) in [7, 11) is 0. The third kappa shape index (κ3) is 79.7. The molecule has 0 atom stereocenters. The van der Waals surface area contributed by atoms with Crippen molar-refractivity contribution in [3.8, 4) is 11.8 Å². The van der Waals surface area contributed by atoms with Crippen molar-refractivity contribution in [1.82, 2.24) is 0 Å². The predicted molar refractivity (Wildman–Crippen MR) is 94.4 cm³/mol. The van der Waals surface area contributed by atoms with E-state index in [1.807, 2.05) is 46.8 Å². The van der Waals surface area contributed by atoms with Gasteiger partial charge in [0.1, 0.15) is 0 Å². The average Bonchev–Trinajstić information content (AvgIpc) is 2.39. The van der Waals surface area contributed by atoms with Crippen LogP contribution >= 0.6 is 0 Å². The van der Waals surface area contributed by atoms with Crippen molar-refractivity contribution in [1.29, 1.82) is 0 Å². The minimum absolute atomic E-state index is 1.38. The van der Waals surface area contributed by atoms with Crippen LogP contribution in [-0.2, 0) is 0 Å². The molecule has 0 aromatic rings. The van der Waals surface area contributed by atoms with E-state index in [4.69, 9.17) is 0 Å². The lowest BCUT2D eigenvalue weighted by atomic mass is 10.2. The molecule has 0 bridgehead atoms. The molecule has 112 valence electrons. The monoisotopic (exact) mass is 264 g/mol. The van der Waals surface area contributed by atoms with Crippen molar-refractivity contribution in [2.75, 3.05) is 0 Å². The maximum absolute atomic E-state index is 2.68. The van der Waals surface area contributed by atoms with E-state index in [1.165, 1.54) is 16.7 Å². The van der Waals surface area contributed by atoms with Gasteiger partial charge in [-0.1, -0.05) is 34.9 Å². The zero-order valence-electron chi connectivity index (χ0n) is 15.2. The Morgan fingerprint density at radius 1 is 0.632 bits per heavy atom. The molecule has 0 saturated heterocycles. The van der Waals surface area contributed by atoms with Crippen molar-refractivity contribution < 1.29 is 0 Å². The Balaban J connectivity index is -0.0000000803. The van der Waals surface area contributed by atoms with E-state index in [9.17, 15) is 0 Å². The molecule has 0 spiro atoms. The first kappa shape index (κ1) is 26.4. The lowest BCUT2D eigenvalue weighted by Gasteiger charge is -1.88. The molecule has 0 aliphatic rings. The molecule has 0 amide bonds. The minimum atomic E-state index is 1.38. The minimum Gasteiger partial charge on any atom is -0.107 e. The van der Waals surface area contributed by atoms with E-state index < -0.39 is 0 Å². The van der Waals surface area contributed by atoms with Gasteiger partial charge in [0, 0.05) is 0 Å². The van der Waals surface area contributed by atoms with Gasteiger partial charge in [0.05, 0.1) is 0 Å². The standard InChI is InChI=1S/C6H12.C5H10.C4H8.C4H6/c1-5(2)6(3)4;1-4-5(2)3;2*1-3-4-2/h1-4H3;4H,1-3H3;3-4H,1-2H3;1-2H3/b;;4-3-;. The third-order valence-electron chi connectivity index (χ3n) is 2.16. The number of hydrogen-bond acceptors (Lipinski definition) is 0. The molecule has 0 nitrogen and oxygen atoms in total. The lowest BCUT2D eigenvalue weighted by molar-refractivity contribution is 1.23. The molecule has 0 heteroatoms. The van der Waals surface area contributed by atoms with E-state index in [2.05, 4.69) is 59.5 Å². The molecule has 0 heterocycles. The highest BCUT2D eigenvalue weighted by Gasteiger charge is 1.75. The normalized spacial score (nSPS) is 7.11. The van der Waals surface area contributed by atoms with E-state index in [0.717, 1.165) is 0 Å². The summed E-state index contributed by atoms with van der Waals surface area (Å²) < 4.78 is 0. The fourth-order valence-corrected chi connectivity index (χ4v) is 0. The van der Waals surface area contributed by atoms with Crippen LogP contribution in [0.25, 0.3) is 0 Å². The summed E-state index contributed by atoms with van der Waals surface area (Å²) in [5, 5.41) is 0. The van der Waals surface area contributed by atoms with E-state index in [1.54, 1.807) is 0 Å². The Morgan fingerprint density at radius 3 is 0.842 bits per heavy atom. The smallest absolute Gasteiger partial charge is 0.00271 e. The Bertz CT molecular complexity index is 269. The molecule has 0 unspecified atom stereocenters. The molecular formula is C19H36. The highest BCUT2D eigenvalue weighted by molar-refractivity contribution is 5.02. The molecule has 0 fully saturated rings. The Labute approximate surface area is 123 Å². The molecule has 19 heavy (non-hydrogen) atoms. The van der Waals surface area contributed by atoms with Gasteiger partial charge in [-0.05, 0) is 76.2 Å². The van der Waals surface area contributed by atoms with Gasteiger partial charge in [0.2, 0.25) is 0 Å². The number of rotatable bonds is 0. The first-order valence-electron chi connectivity index (χ1n) is 6.85. The van der Waals surface area contributed by atoms with Crippen LogP contribution in [-0.4, -0.2) is 0 Å². The largest absolute Gasteiger partial charge is 0.107 e. The number of allylic oxidation sites excluding steroid dienone is 6. The van der Waals surface area contributed by atoms with Crippen LogP contribution in [0.3, 0.4) is 0 Å². The first-order chi connectivity index (χ1) is 8.74. The second-order valence-corrected chi connectivity index (χ2v) is 4.53. The van der Waals surface area contributed by atoms with Gasteiger partial charge in [-0.15, -0.1) is 11.8 Å². The van der Waals surface area contributed by atoms with E-state index in [-0.39, 0.29) is 0 Å². The maximum Gasteiger partial charge on any atom is -0.00271 e. The predicted octanol–water partition coefficient (Wildman–Crippen LogP) is 6.95. The first-order valence-corrected chi connectivity index (χ1v) is 6.85. The van der Waals surface area contributed by atoms with Crippen LogP contribution in [0.2, 0.25) is 0 Å².